The summed E-state index contributed by atoms with van der Waals surface area (Å²) in [7, 11) is 0. The molecule has 0 aromatic rings. The Balaban J connectivity index is 2.38. The van der Waals surface area contributed by atoms with Gasteiger partial charge in [0.15, 0.2) is 0 Å². The van der Waals surface area contributed by atoms with Gasteiger partial charge < -0.3 is 10.6 Å². The van der Waals surface area contributed by atoms with Crippen LogP contribution in [0.4, 0.5) is 0 Å². The van der Waals surface area contributed by atoms with Gasteiger partial charge in [-0.1, -0.05) is 33.0 Å². The molecule has 3 nitrogen and oxygen atoms in total. The van der Waals surface area contributed by atoms with Crippen LogP contribution in [0.25, 0.3) is 0 Å². The molecule has 1 aliphatic rings. The maximum Gasteiger partial charge on any atom is 0.0797 e. The van der Waals surface area contributed by atoms with Gasteiger partial charge in [-0.2, -0.15) is 0 Å². The van der Waals surface area contributed by atoms with Crippen molar-refractivity contribution in [2.24, 2.45) is 11.1 Å². The molecule has 1 aliphatic heterocycles. The molecule has 88 valence electrons. The minimum atomic E-state index is -0.0380. The molecule has 2 N–H and O–H groups in total. The van der Waals surface area contributed by atoms with Crippen molar-refractivity contribution in [3.05, 3.63) is 0 Å². The Kier molecular flexibility index (Phi) is 4.49. The Morgan fingerprint density at radius 2 is 1.67 bits per heavy atom. The van der Waals surface area contributed by atoms with E-state index in [-0.39, 0.29) is 5.41 Å². The minimum absolute atomic E-state index is 0.0380. The number of thiocarbonyl (C=S) groups is 1. The average molecular weight is 229 g/mol. The third kappa shape index (κ3) is 3.70. The molecule has 0 bridgehead atoms. The zero-order valence-electron chi connectivity index (χ0n) is 10.1. The lowest BCUT2D eigenvalue weighted by Crippen LogP contribution is -2.50. The summed E-state index contributed by atoms with van der Waals surface area (Å²) < 4.78 is 0. The van der Waals surface area contributed by atoms with Crippen LogP contribution in [0.5, 0.6) is 0 Å². The Hall–Kier alpha value is -0.190. The Labute approximate surface area is 98.6 Å². The fraction of sp³-hybridized carbons (Fsp3) is 0.909. The minimum Gasteiger partial charge on any atom is -0.393 e. The van der Waals surface area contributed by atoms with Crippen molar-refractivity contribution in [2.45, 2.75) is 20.8 Å². The summed E-state index contributed by atoms with van der Waals surface area (Å²) in [5.41, 5.74) is 5.70. The van der Waals surface area contributed by atoms with Crippen molar-refractivity contribution >= 4 is 17.2 Å². The van der Waals surface area contributed by atoms with E-state index in [0.717, 1.165) is 26.2 Å². The summed E-state index contributed by atoms with van der Waals surface area (Å²) in [5, 5.41) is 0. The van der Waals surface area contributed by atoms with Crippen molar-refractivity contribution in [3.8, 4) is 0 Å². The lowest BCUT2D eigenvalue weighted by Gasteiger charge is -2.38. The molecule has 0 spiro atoms. The van der Waals surface area contributed by atoms with Crippen LogP contribution in [0.1, 0.15) is 20.8 Å². The topological polar surface area (TPSA) is 32.5 Å². The van der Waals surface area contributed by atoms with Gasteiger partial charge in [-0.15, -0.1) is 0 Å². The van der Waals surface area contributed by atoms with E-state index in [1.165, 1.54) is 13.1 Å². The summed E-state index contributed by atoms with van der Waals surface area (Å²) in [5.74, 6) is 0. The average Bonchev–Trinajstić information content (AvgIpc) is 2.18. The molecule has 0 unspecified atom stereocenters. The van der Waals surface area contributed by atoms with Gasteiger partial charge in [-0.3, -0.25) is 4.90 Å². The molecule has 1 heterocycles. The molecule has 0 atom stereocenters. The molecule has 0 aromatic heterocycles. The summed E-state index contributed by atoms with van der Waals surface area (Å²) in [6, 6.07) is 0. The second-order valence-electron chi connectivity index (χ2n) is 4.96. The van der Waals surface area contributed by atoms with Crippen LogP contribution in [0.2, 0.25) is 0 Å². The number of piperazine rings is 1. The van der Waals surface area contributed by atoms with Gasteiger partial charge >= 0.3 is 0 Å². The van der Waals surface area contributed by atoms with Crippen LogP contribution in [-0.2, 0) is 0 Å². The number of nitrogens with zero attached hydrogens (tertiary/aromatic N) is 2. The second kappa shape index (κ2) is 5.23. The van der Waals surface area contributed by atoms with Crippen molar-refractivity contribution in [3.63, 3.8) is 0 Å². The smallest absolute Gasteiger partial charge is 0.0797 e. The van der Waals surface area contributed by atoms with Crippen LogP contribution >= 0.6 is 12.2 Å². The standard InChI is InChI=1S/C11H23N3S/c1-4-13-5-7-14(8-6-13)9-11(2,3)10(12)15/h4-9H2,1-3H3,(H2,12,15). The van der Waals surface area contributed by atoms with E-state index in [1.54, 1.807) is 0 Å². The number of likely N-dealkylation sites (N-methyl/N-ethyl adjacent to an activating group) is 1. The maximum absolute atomic E-state index is 5.74. The monoisotopic (exact) mass is 229 g/mol. The molecule has 4 heteroatoms. The van der Waals surface area contributed by atoms with Crippen LogP contribution < -0.4 is 5.73 Å². The highest BCUT2D eigenvalue weighted by molar-refractivity contribution is 7.80. The highest BCUT2D eigenvalue weighted by Gasteiger charge is 2.26. The fourth-order valence-electron chi connectivity index (χ4n) is 1.90. The van der Waals surface area contributed by atoms with E-state index >= 15 is 0 Å². The first-order valence-electron chi connectivity index (χ1n) is 5.70. The first-order chi connectivity index (χ1) is 6.95. The molecule has 1 saturated heterocycles. The summed E-state index contributed by atoms with van der Waals surface area (Å²) in [6.45, 7) is 13.2. The van der Waals surface area contributed by atoms with E-state index < -0.39 is 0 Å². The Bertz CT molecular complexity index is 220. The normalized spacial score (nSPS) is 20.5. The lowest BCUT2D eigenvalue weighted by molar-refractivity contribution is 0.117. The predicted octanol–water partition coefficient (Wildman–Crippen LogP) is 0.936. The quantitative estimate of drug-likeness (QED) is 0.727. The molecule has 0 saturated carbocycles. The van der Waals surface area contributed by atoms with Crippen molar-refractivity contribution in [1.29, 1.82) is 0 Å². The number of nitrogens with two attached hydrogens (primary N) is 1. The first-order valence-corrected chi connectivity index (χ1v) is 6.11. The maximum atomic E-state index is 5.74. The second-order valence-corrected chi connectivity index (χ2v) is 5.40. The number of hydrogen-bond acceptors (Lipinski definition) is 3. The lowest BCUT2D eigenvalue weighted by atomic mass is 9.92. The van der Waals surface area contributed by atoms with E-state index in [1.807, 2.05) is 0 Å². The van der Waals surface area contributed by atoms with Crippen molar-refractivity contribution in [1.82, 2.24) is 9.80 Å². The van der Waals surface area contributed by atoms with Crippen molar-refractivity contribution in [2.75, 3.05) is 39.3 Å². The van der Waals surface area contributed by atoms with Crippen molar-refractivity contribution < 1.29 is 0 Å². The highest BCUT2D eigenvalue weighted by Crippen LogP contribution is 2.18. The van der Waals surface area contributed by atoms with E-state index in [9.17, 15) is 0 Å². The van der Waals surface area contributed by atoms with Gasteiger partial charge in [-0.25, -0.2) is 0 Å². The molecule has 0 aromatic carbocycles. The predicted molar refractivity (Wildman–Crippen MR) is 69.1 cm³/mol. The van der Waals surface area contributed by atoms with E-state index in [2.05, 4.69) is 30.6 Å². The Morgan fingerprint density at radius 1 is 1.20 bits per heavy atom. The molecule has 0 aliphatic carbocycles. The number of hydrogen-bond donors (Lipinski definition) is 1. The van der Waals surface area contributed by atoms with Crippen LogP contribution in [-0.4, -0.2) is 54.1 Å². The largest absolute Gasteiger partial charge is 0.393 e. The van der Waals surface area contributed by atoms with Gasteiger partial charge in [0, 0.05) is 38.1 Å². The van der Waals surface area contributed by atoms with Gasteiger partial charge in [-0.05, 0) is 6.54 Å². The summed E-state index contributed by atoms with van der Waals surface area (Å²) in [6.07, 6.45) is 0. The zero-order valence-corrected chi connectivity index (χ0v) is 10.9. The van der Waals surface area contributed by atoms with Gasteiger partial charge in [0.05, 0.1) is 4.99 Å². The summed E-state index contributed by atoms with van der Waals surface area (Å²) in [4.78, 5) is 5.57. The molecule has 1 fully saturated rings. The van der Waals surface area contributed by atoms with Crippen LogP contribution in [0.15, 0.2) is 0 Å². The van der Waals surface area contributed by atoms with Crippen LogP contribution in [0, 0.1) is 5.41 Å². The number of rotatable bonds is 4. The fourth-order valence-corrected chi connectivity index (χ4v) is 1.97. The first kappa shape index (κ1) is 12.9. The van der Waals surface area contributed by atoms with Crippen LogP contribution in [0.3, 0.4) is 0 Å². The third-order valence-electron chi connectivity index (χ3n) is 3.20. The molecular formula is C11H23N3S. The SMILES string of the molecule is CCN1CCN(CC(C)(C)C(N)=S)CC1. The zero-order chi connectivity index (χ0) is 11.5. The van der Waals surface area contributed by atoms with Gasteiger partial charge in [0.25, 0.3) is 0 Å². The van der Waals surface area contributed by atoms with E-state index in [0.29, 0.717) is 4.99 Å². The molecular weight excluding hydrogens is 206 g/mol. The van der Waals surface area contributed by atoms with Gasteiger partial charge in [0.2, 0.25) is 0 Å². The molecule has 0 radical (unpaired) electrons. The van der Waals surface area contributed by atoms with Gasteiger partial charge in [0.1, 0.15) is 0 Å². The highest BCUT2D eigenvalue weighted by atomic mass is 32.1. The Morgan fingerprint density at radius 3 is 2.07 bits per heavy atom. The molecule has 1 rings (SSSR count). The molecule has 0 amide bonds. The third-order valence-corrected chi connectivity index (χ3v) is 3.75. The molecule has 15 heavy (non-hydrogen) atoms. The summed E-state index contributed by atoms with van der Waals surface area (Å²) >= 11 is 5.09. The van der Waals surface area contributed by atoms with E-state index in [4.69, 9.17) is 18.0 Å².